The Kier molecular flexibility index (Phi) is 6.65. The standard InChI is InChI=1S/C18H21N3O5S/c1-3-20(4-2)27(25,26)17-11-5-14(6-12-17)13-19-18(22)15-7-9-16(10-8-15)21(23)24/h5-12H,3-4,13H2,1-2H3,(H,19,22). The van der Waals surface area contributed by atoms with Gasteiger partial charge in [-0.2, -0.15) is 4.31 Å². The summed E-state index contributed by atoms with van der Waals surface area (Å²) < 4.78 is 26.3. The number of nitrogens with one attached hydrogen (secondary N) is 1. The third-order valence-corrected chi connectivity index (χ3v) is 6.12. The van der Waals surface area contributed by atoms with Crippen LogP contribution in [0.1, 0.15) is 29.8 Å². The number of nitro groups is 1. The first-order valence-corrected chi connectivity index (χ1v) is 9.85. The highest BCUT2D eigenvalue weighted by Gasteiger charge is 2.21. The Balaban J connectivity index is 2.02. The summed E-state index contributed by atoms with van der Waals surface area (Å²) >= 11 is 0. The van der Waals surface area contributed by atoms with Crippen LogP contribution >= 0.6 is 0 Å². The van der Waals surface area contributed by atoms with Crippen LogP contribution in [-0.2, 0) is 16.6 Å². The second-order valence-corrected chi connectivity index (χ2v) is 7.66. The second kappa shape index (κ2) is 8.74. The van der Waals surface area contributed by atoms with Crippen molar-refractivity contribution in [3.8, 4) is 0 Å². The molecule has 0 spiro atoms. The number of nitro benzene ring substituents is 1. The van der Waals surface area contributed by atoms with Crippen LogP contribution in [-0.4, -0.2) is 36.6 Å². The predicted octanol–water partition coefficient (Wildman–Crippen LogP) is 2.56. The van der Waals surface area contributed by atoms with Crippen LogP contribution in [0.25, 0.3) is 0 Å². The lowest BCUT2D eigenvalue weighted by atomic mass is 10.2. The monoisotopic (exact) mass is 391 g/mol. The Morgan fingerprint density at radius 1 is 1.04 bits per heavy atom. The van der Waals surface area contributed by atoms with Crippen molar-refractivity contribution < 1.29 is 18.1 Å². The second-order valence-electron chi connectivity index (χ2n) is 5.72. The van der Waals surface area contributed by atoms with E-state index in [1.54, 1.807) is 26.0 Å². The van der Waals surface area contributed by atoms with Gasteiger partial charge in [-0.3, -0.25) is 14.9 Å². The molecule has 27 heavy (non-hydrogen) atoms. The van der Waals surface area contributed by atoms with Gasteiger partial charge in [-0.25, -0.2) is 8.42 Å². The van der Waals surface area contributed by atoms with Crippen molar-refractivity contribution in [3.63, 3.8) is 0 Å². The van der Waals surface area contributed by atoms with Gasteiger partial charge in [-0.1, -0.05) is 26.0 Å². The molecule has 9 heteroatoms. The SMILES string of the molecule is CCN(CC)S(=O)(=O)c1ccc(CNC(=O)c2ccc([N+](=O)[O-])cc2)cc1. The van der Waals surface area contributed by atoms with Gasteiger partial charge in [0, 0.05) is 37.3 Å². The zero-order chi connectivity index (χ0) is 20.0. The largest absolute Gasteiger partial charge is 0.348 e. The molecule has 0 aliphatic rings. The molecule has 2 rings (SSSR count). The van der Waals surface area contributed by atoms with Crippen molar-refractivity contribution in [3.05, 3.63) is 69.8 Å². The van der Waals surface area contributed by atoms with Crippen LogP contribution in [0.15, 0.2) is 53.4 Å². The van der Waals surface area contributed by atoms with E-state index >= 15 is 0 Å². The molecule has 0 heterocycles. The number of rotatable bonds is 8. The molecule has 2 aromatic carbocycles. The van der Waals surface area contributed by atoms with Crippen LogP contribution in [0, 0.1) is 10.1 Å². The van der Waals surface area contributed by atoms with Crippen LogP contribution in [0.5, 0.6) is 0 Å². The first-order chi connectivity index (χ1) is 12.8. The summed E-state index contributed by atoms with van der Waals surface area (Å²) in [6.07, 6.45) is 0. The van der Waals surface area contributed by atoms with Gasteiger partial charge in [0.25, 0.3) is 11.6 Å². The first kappa shape index (κ1) is 20.5. The smallest absolute Gasteiger partial charge is 0.269 e. The van der Waals surface area contributed by atoms with E-state index in [0.717, 1.165) is 5.56 Å². The molecule has 0 bridgehead atoms. The lowest BCUT2D eigenvalue weighted by Crippen LogP contribution is -2.30. The van der Waals surface area contributed by atoms with E-state index in [9.17, 15) is 23.3 Å². The Labute approximate surface area is 158 Å². The fraction of sp³-hybridized carbons (Fsp3) is 0.278. The first-order valence-electron chi connectivity index (χ1n) is 8.41. The summed E-state index contributed by atoms with van der Waals surface area (Å²) in [5.74, 6) is -0.371. The molecular formula is C18H21N3O5S. The molecule has 0 radical (unpaired) electrons. The average Bonchev–Trinajstić information content (AvgIpc) is 2.67. The minimum Gasteiger partial charge on any atom is -0.348 e. The molecule has 1 amide bonds. The van der Waals surface area contributed by atoms with Gasteiger partial charge in [-0.15, -0.1) is 0 Å². The highest BCUT2D eigenvalue weighted by Crippen LogP contribution is 2.16. The third-order valence-electron chi connectivity index (χ3n) is 4.06. The quantitative estimate of drug-likeness (QED) is 0.549. The normalized spacial score (nSPS) is 11.4. The van der Waals surface area contributed by atoms with E-state index < -0.39 is 14.9 Å². The molecule has 144 valence electrons. The average molecular weight is 391 g/mol. The molecule has 1 N–H and O–H groups in total. The van der Waals surface area contributed by atoms with Gasteiger partial charge in [0.15, 0.2) is 0 Å². The van der Waals surface area contributed by atoms with E-state index in [1.807, 2.05) is 0 Å². The summed E-state index contributed by atoms with van der Waals surface area (Å²) in [6, 6.07) is 11.6. The summed E-state index contributed by atoms with van der Waals surface area (Å²) in [7, 11) is -3.51. The Morgan fingerprint density at radius 2 is 1.59 bits per heavy atom. The molecule has 0 unspecified atom stereocenters. The molecular weight excluding hydrogens is 370 g/mol. The van der Waals surface area contributed by atoms with Gasteiger partial charge in [0.1, 0.15) is 0 Å². The topological polar surface area (TPSA) is 110 Å². The molecule has 2 aromatic rings. The number of hydrogen-bond acceptors (Lipinski definition) is 5. The lowest BCUT2D eigenvalue weighted by Gasteiger charge is -2.18. The van der Waals surface area contributed by atoms with E-state index in [4.69, 9.17) is 0 Å². The maximum absolute atomic E-state index is 12.4. The third kappa shape index (κ3) is 4.89. The fourth-order valence-electron chi connectivity index (χ4n) is 2.51. The van der Waals surface area contributed by atoms with Crippen molar-refractivity contribution in [1.82, 2.24) is 9.62 Å². The Bertz CT molecular complexity index is 905. The van der Waals surface area contributed by atoms with E-state index in [1.165, 1.54) is 40.7 Å². The van der Waals surface area contributed by atoms with Crippen LogP contribution < -0.4 is 5.32 Å². The summed E-state index contributed by atoms with van der Waals surface area (Å²) in [4.78, 5) is 22.4. The van der Waals surface area contributed by atoms with Crippen molar-refractivity contribution in [2.24, 2.45) is 0 Å². The maximum Gasteiger partial charge on any atom is 0.269 e. The molecule has 0 saturated carbocycles. The number of nitrogens with zero attached hydrogens (tertiary/aromatic N) is 2. The van der Waals surface area contributed by atoms with Gasteiger partial charge in [0.2, 0.25) is 10.0 Å². The van der Waals surface area contributed by atoms with Crippen LogP contribution in [0.3, 0.4) is 0 Å². The Morgan fingerprint density at radius 3 is 2.07 bits per heavy atom. The van der Waals surface area contributed by atoms with E-state index in [2.05, 4.69) is 5.32 Å². The van der Waals surface area contributed by atoms with Crippen LogP contribution in [0.2, 0.25) is 0 Å². The van der Waals surface area contributed by atoms with Gasteiger partial charge in [0.05, 0.1) is 9.82 Å². The number of carbonyl (C=O) groups excluding carboxylic acids is 1. The fourth-order valence-corrected chi connectivity index (χ4v) is 3.97. The van der Waals surface area contributed by atoms with Gasteiger partial charge < -0.3 is 5.32 Å². The molecule has 0 atom stereocenters. The van der Waals surface area contributed by atoms with Gasteiger partial charge in [-0.05, 0) is 29.8 Å². The highest BCUT2D eigenvalue weighted by molar-refractivity contribution is 7.89. The molecule has 0 aliphatic heterocycles. The van der Waals surface area contributed by atoms with E-state index in [0.29, 0.717) is 18.7 Å². The predicted molar refractivity (Wildman–Crippen MR) is 101 cm³/mol. The minimum atomic E-state index is -3.51. The molecule has 0 aromatic heterocycles. The zero-order valence-electron chi connectivity index (χ0n) is 15.1. The summed E-state index contributed by atoms with van der Waals surface area (Å²) in [6.45, 7) is 4.56. The number of hydrogen-bond donors (Lipinski definition) is 1. The van der Waals surface area contributed by atoms with Crippen molar-refractivity contribution in [2.75, 3.05) is 13.1 Å². The zero-order valence-corrected chi connectivity index (χ0v) is 15.9. The van der Waals surface area contributed by atoms with Crippen molar-refractivity contribution >= 4 is 21.6 Å². The molecule has 0 fully saturated rings. The number of amides is 1. The highest BCUT2D eigenvalue weighted by atomic mass is 32.2. The molecule has 0 aliphatic carbocycles. The minimum absolute atomic E-state index is 0.0865. The summed E-state index contributed by atoms with van der Waals surface area (Å²) in [5, 5.41) is 13.3. The van der Waals surface area contributed by atoms with Crippen LogP contribution in [0.4, 0.5) is 5.69 Å². The maximum atomic E-state index is 12.4. The molecule has 0 saturated heterocycles. The number of sulfonamides is 1. The lowest BCUT2D eigenvalue weighted by molar-refractivity contribution is -0.384. The van der Waals surface area contributed by atoms with E-state index in [-0.39, 0.29) is 23.0 Å². The number of carbonyl (C=O) groups is 1. The number of non-ortho nitro benzene ring substituents is 1. The van der Waals surface area contributed by atoms with Crippen molar-refractivity contribution in [1.29, 1.82) is 0 Å². The molecule has 8 nitrogen and oxygen atoms in total. The number of benzene rings is 2. The van der Waals surface area contributed by atoms with Gasteiger partial charge >= 0.3 is 0 Å². The van der Waals surface area contributed by atoms with Crippen molar-refractivity contribution in [2.45, 2.75) is 25.3 Å². The Hall–Kier alpha value is -2.78. The summed E-state index contributed by atoms with van der Waals surface area (Å²) in [5.41, 5.74) is 0.960.